The van der Waals surface area contributed by atoms with Gasteiger partial charge in [0.25, 0.3) is 0 Å². The van der Waals surface area contributed by atoms with E-state index in [1.54, 1.807) is 0 Å². The molecule has 23 heavy (non-hydrogen) atoms. The quantitative estimate of drug-likeness (QED) is 0.751. The minimum atomic E-state index is 0. The number of hydrogen-bond donors (Lipinski definition) is 1. The van der Waals surface area contributed by atoms with Crippen LogP contribution in [0.1, 0.15) is 59.8 Å². The van der Waals surface area contributed by atoms with Gasteiger partial charge in [-0.25, -0.2) is 0 Å². The molecule has 2 fully saturated rings. The van der Waals surface area contributed by atoms with Gasteiger partial charge < -0.3 is 15.0 Å². The molecule has 0 aromatic heterocycles. The van der Waals surface area contributed by atoms with Crippen LogP contribution in [-0.2, 0) is 9.53 Å². The van der Waals surface area contributed by atoms with Crippen LogP contribution in [0.2, 0.25) is 0 Å². The molecule has 0 bridgehead atoms. The number of carbonyl (C=O) groups is 1. The van der Waals surface area contributed by atoms with Crippen molar-refractivity contribution in [1.29, 1.82) is 0 Å². The van der Waals surface area contributed by atoms with E-state index in [-0.39, 0.29) is 23.7 Å². The van der Waals surface area contributed by atoms with Crippen LogP contribution in [0.3, 0.4) is 0 Å². The van der Waals surface area contributed by atoms with Crippen molar-refractivity contribution in [2.45, 2.75) is 78.0 Å². The summed E-state index contributed by atoms with van der Waals surface area (Å²) in [5.74, 6) is 0.524. The minimum Gasteiger partial charge on any atom is -0.378 e. The van der Waals surface area contributed by atoms with Crippen LogP contribution in [0.4, 0.5) is 0 Å². The SMILES string of the molecule is CCCCOC1CC(N(C)C(=O)[C@H]2CCN[C@@H](C)C2)C1(C)C.Cl. The van der Waals surface area contributed by atoms with E-state index < -0.39 is 0 Å². The standard InChI is InChI=1S/C18H34N2O2.ClH/c1-6-7-10-22-16-12-15(18(16,3)4)20(5)17(21)14-8-9-19-13(2)11-14;/h13-16,19H,6-12H2,1-5H3;1H/t13-,14-,15?,16?;/m0./s1. The number of amides is 1. The maximum atomic E-state index is 12.8. The van der Waals surface area contributed by atoms with Crippen LogP contribution in [-0.4, -0.2) is 49.2 Å². The minimum absolute atomic E-state index is 0. The molecule has 1 saturated heterocycles. The molecular weight excluding hydrogens is 312 g/mol. The largest absolute Gasteiger partial charge is 0.378 e. The van der Waals surface area contributed by atoms with Crippen molar-refractivity contribution in [3.05, 3.63) is 0 Å². The number of halogens is 1. The first-order chi connectivity index (χ1) is 10.4. The smallest absolute Gasteiger partial charge is 0.225 e. The van der Waals surface area contributed by atoms with Crippen molar-refractivity contribution >= 4 is 18.3 Å². The summed E-state index contributed by atoms with van der Waals surface area (Å²) in [5, 5.41) is 3.42. The fourth-order valence-corrected chi connectivity index (χ4v) is 3.97. The maximum Gasteiger partial charge on any atom is 0.225 e. The van der Waals surface area contributed by atoms with Crippen molar-refractivity contribution < 1.29 is 9.53 Å². The van der Waals surface area contributed by atoms with E-state index in [2.05, 4.69) is 33.0 Å². The van der Waals surface area contributed by atoms with Gasteiger partial charge in [-0.15, -0.1) is 12.4 Å². The molecule has 136 valence electrons. The molecule has 2 aliphatic rings. The lowest BCUT2D eigenvalue weighted by atomic mass is 9.63. The van der Waals surface area contributed by atoms with Gasteiger partial charge in [0.05, 0.1) is 6.10 Å². The van der Waals surface area contributed by atoms with Gasteiger partial charge in [0.2, 0.25) is 5.91 Å². The average Bonchev–Trinajstić information content (AvgIpc) is 2.48. The number of carbonyl (C=O) groups excluding carboxylic acids is 1. The Morgan fingerprint density at radius 1 is 1.35 bits per heavy atom. The summed E-state index contributed by atoms with van der Waals surface area (Å²) < 4.78 is 6.01. The van der Waals surface area contributed by atoms with Gasteiger partial charge in [-0.05, 0) is 39.2 Å². The van der Waals surface area contributed by atoms with Crippen LogP contribution in [0, 0.1) is 11.3 Å². The normalized spacial score (nSPS) is 32.6. The highest BCUT2D eigenvalue weighted by Gasteiger charge is 2.52. The van der Waals surface area contributed by atoms with Crippen molar-refractivity contribution in [2.24, 2.45) is 11.3 Å². The zero-order valence-electron chi connectivity index (χ0n) is 15.4. The summed E-state index contributed by atoms with van der Waals surface area (Å²) in [6.45, 7) is 10.6. The van der Waals surface area contributed by atoms with E-state index in [0.717, 1.165) is 38.8 Å². The molecule has 0 aromatic rings. The molecule has 1 aliphatic heterocycles. The molecule has 1 saturated carbocycles. The Morgan fingerprint density at radius 3 is 2.61 bits per heavy atom. The number of nitrogens with one attached hydrogen (secondary N) is 1. The lowest BCUT2D eigenvalue weighted by Gasteiger charge is -2.55. The number of hydrogen-bond acceptors (Lipinski definition) is 3. The Kier molecular flexibility index (Phi) is 7.82. The predicted octanol–water partition coefficient (Wildman–Crippen LogP) is 3.24. The third kappa shape index (κ3) is 4.61. The Balaban J connectivity index is 0.00000264. The zero-order chi connectivity index (χ0) is 16.3. The van der Waals surface area contributed by atoms with E-state index in [1.807, 2.05) is 11.9 Å². The number of nitrogens with zero attached hydrogens (tertiary/aromatic N) is 1. The molecule has 1 aliphatic carbocycles. The van der Waals surface area contributed by atoms with E-state index in [4.69, 9.17) is 4.74 Å². The first kappa shape index (κ1) is 20.7. The van der Waals surface area contributed by atoms with Crippen molar-refractivity contribution in [1.82, 2.24) is 10.2 Å². The van der Waals surface area contributed by atoms with Crippen molar-refractivity contribution in [3.8, 4) is 0 Å². The summed E-state index contributed by atoms with van der Waals surface area (Å²) in [6, 6.07) is 0.771. The Bertz CT molecular complexity index is 389. The van der Waals surface area contributed by atoms with Gasteiger partial charge in [0.15, 0.2) is 0 Å². The third-order valence-electron chi connectivity index (χ3n) is 5.73. The second kappa shape index (κ2) is 8.68. The van der Waals surface area contributed by atoms with Gasteiger partial charge in [-0.3, -0.25) is 4.79 Å². The monoisotopic (exact) mass is 346 g/mol. The second-order valence-corrected chi connectivity index (χ2v) is 7.81. The van der Waals surface area contributed by atoms with E-state index >= 15 is 0 Å². The Hall–Kier alpha value is -0.320. The highest BCUT2D eigenvalue weighted by Crippen LogP contribution is 2.46. The summed E-state index contributed by atoms with van der Waals surface area (Å²) in [7, 11) is 1.99. The highest BCUT2D eigenvalue weighted by atomic mass is 35.5. The van der Waals surface area contributed by atoms with E-state index in [0.29, 0.717) is 24.1 Å². The summed E-state index contributed by atoms with van der Waals surface area (Å²) in [4.78, 5) is 14.8. The molecule has 2 unspecified atom stereocenters. The number of ether oxygens (including phenoxy) is 1. The average molecular weight is 347 g/mol. The molecule has 0 radical (unpaired) electrons. The molecule has 1 N–H and O–H groups in total. The van der Waals surface area contributed by atoms with Crippen molar-refractivity contribution in [2.75, 3.05) is 20.2 Å². The molecule has 4 atom stereocenters. The third-order valence-corrected chi connectivity index (χ3v) is 5.73. The summed E-state index contributed by atoms with van der Waals surface area (Å²) in [5.41, 5.74) is 0.0662. The fraction of sp³-hybridized carbons (Fsp3) is 0.944. The number of piperidine rings is 1. The maximum absolute atomic E-state index is 12.8. The molecule has 4 nitrogen and oxygen atoms in total. The lowest BCUT2D eigenvalue weighted by Crippen LogP contribution is -2.63. The second-order valence-electron chi connectivity index (χ2n) is 7.81. The van der Waals surface area contributed by atoms with Crippen molar-refractivity contribution in [3.63, 3.8) is 0 Å². The van der Waals surface area contributed by atoms with Crippen LogP contribution in [0.25, 0.3) is 0 Å². The number of unbranched alkanes of at least 4 members (excludes halogenated alkanes) is 1. The van der Waals surface area contributed by atoms with Gasteiger partial charge in [-0.2, -0.15) is 0 Å². The van der Waals surface area contributed by atoms with Crippen LogP contribution < -0.4 is 5.32 Å². The van der Waals surface area contributed by atoms with E-state index in [9.17, 15) is 4.79 Å². The Morgan fingerprint density at radius 2 is 2.04 bits per heavy atom. The van der Waals surface area contributed by atoms with Gasteiger partial charge in [-0.1, -0.05) is 27.2 Å². The van der Waals surface area contributed by atoms with Gasteiger partial charge in [0.1, 0.15) is 0 Å². The molecule has 0 spiro atoms. The highest BCUT2D eigenvalue weighted by molar-refractivity contribution is 5.85. The molecule has 0 aromatic carbocycles. The van der Waals surface area contributed by atoms with Crippen LogP contribution >= 0.6 is 12.4 Å². The molecule has 2 rings (SSSR count). The number of rotatable bonds is 6. The molecule has 1 amide bonds. The predicted molar refractivity (Wildman–Crippen MR) is 97.0 cm³/mol. The first-order valence-corrected chi connectivity index (χ1v) is 8.99. The first-order valence-electron chi connectivity index (χ1n) is 8.99. The van der Waals surface area contributed by atoms with Gasteiger partial charge in [0, 0.05) is 37.1 Å². The van der Waals surface area contributed by atoms with Gasteiger partial charge >= 0.3 is 0 Å². The molecular formula is C18H35ClN2O2. The fourth-order valence-electron chi connectivity index (χ4n) is 3.97. The summed E-state index contributed by atoms with van der Waals surface area (Å²) in [6.07, 6.45) is 5.51. The Labute approximate surface area is 148 Å². The lowest BCUT2D eigenvalue weighted by molar-refractivity contribution is -0.168. The summed E-state index contributed by atoms with van der Waals surface area (Å²) >= 11 is 0. The molecule has 5 heteroatoms. The zero-order valence-corrected chi connectivity index (χ0v) is 16.2. The van der Waals surface area contributed by atoms with E-state index in [1.165, 1.54) is 6.42 Å². The topological polar surface area (TPSA) is 41.6 Å². The van der Waals surface area contributed by atoms with Crippen LogP contribution in [0.5, 0.6) is 0 Å². The van der Waals surface area contributed by atoms with Crippen LogP contribution in [0.15, 0.2) is 0 Å². The molecule has 1 heterocycles.